The summed E-state index contributed by atoms with van der Waals surface area (Å²) in [5.74, 6) is -1.53. The Bertz CT molecular complexity index is 445. The zero-order valence-corrected chi connectivity index (χ0v) is 11.4. The van der Waals surface area contributed by atoms with Crippen LogP contribution in [-0.2, 0) is 9.59 Å². The highest BCUT2D eigenvalue weighted by atomic mass is 32.1. The van der Waals surface area contributed by atoms with Crippen molar-refractivity contribution in [2.75, 3.05) is 19.6 Å². The van der Waals surface area contributed by atoms with Crippen LogP contribution in [0.4, 0.5) is 0 Å². The molecule has 1 heterocycles. The molecule has 1 aromatic rings. The maximum absolute atomic E-state index is 11.8. The molecule has 0 aliphatic carbocycles. The lowest BCUT2D eigenvalue weighted by Crippen LogP contribution is -2.40. The molecule has 2 N–H and O–H groups in total. The van der Waals surface area contributed by atoms with Gasteiger partial charge in [-0.05, 0) is 18.4 Å². The first-order valence-corrected chi connectivity index (χ1v) is 6.73. The largest absolute Gasteiger partial charge is 0.481 e. The number of nitrogens with one attached hydrogen (secondary N) is 1. The van der Waals surface area contributed by atoms with Crippen LogP contribution in [0.25, 0.3) is 0 Å². The van der Waals surface area contributed by atoms with E-state index in [9.17, 15) is 14.4 Å². The Morgan fingerprint density at radius 1 is 1.42 bits per heavy atom. The van der Waals surface area contributed by atoms with Crippen molar-refractivity contribution in [2.24, 2.45) is 0 Å². The number of carbonyl (C=O) groups excluding carboxylic acids is 2. The molecule has 1 rings (SSSR count). The third kappa shape index (κ3) is 5.09. The molecule has 0 aliphatic heterocycles. The fraction of sp³-hybridized carbons (Fsp3) is 0.417. The van der Waals surface area contributed by atoms with Crippen LogP contribution in [0, 0.1) is 0 Å². The summed E-state index contributed by atoms with van der Waals surface area (Å²) in [5.41, 5.74) is 0. The Labute approximate surface area is 115 Å². The van der Waals surface area contributed by atoms with Gasteiger partial charge in [0.15, 0.2) is 0 Å². The molecule has 6 nitrogen and oxygen atoms in total. The molecule has 0 aromatic carbocycles. The number of rotatable bonds is 7. The van der Waals surface area contributed by atoms with Crippen molar-refractivity contribution in [3.8, 4) is 0 Å². The van der Waals surface area contributed by atoms with Crippen molar-refractivity contribution >= 4 is 29.1 Å². The van der Waals surface area contributed by atoms with E-state index in [4.69, 9.17) is 5.11 Å². The number of carboxylic acid groups (broad SMARTS) is 1. The fourth-order valence-electron chi connectivity index (χ4n) is 1.45. The number of likely N-dealkylation sites (N-methyl/N-ethyl adjacent to an activating group) is 1. The van der Waals surface area contributed by atoms with Gasteiger partial charge in [-0.15, -0.1) is 11.3 Å². The molecule has 0 unspecified atom stereocenters. The first-order chi connectivity index (χ1) is 9.04. The molecule has 0 radical (unpaired) electrons. The highest BCUT2D eigenvalue weighted by Gasteiger charge is 2.14. The van der Waals surface area contributed by atoms with E-state index in [1.54, 1.807) is 24.4 Å². The Balaban J connectivity index is 2.40. The van der Waals surface area contributed by atoms with Gasteiger partial charge < -0.3 is 15.3 Å². The maximum Gasteiger partial charge on any atom is 0.305 e. The highest BCUT2D eigenvalue weighted by molar-refractivity contribution is 7.12. The normalized spacial score (nSPS) is 9.95. The van der Waals surface area contributed by atoms with Gasteiger partial charge in [-0.2, -0.15) is 0 Å². The maximum atomic E-state index is 11.8. The first-order valence-electron chi connectivity index (χ1n) is 5.85. The summed E-state index contributed by atoms with van der Waals surface area (Å²) in [6, 6.07) is 3.43. The molecule has 0 fully saturated rings. The lowest BCUT2D eigenvalue weighted by atomic mass is 10.3. The van der Waals surface area contributed by atoms with Crippen LogP contribution in [-0.4, -0.2) is 47.4 Å². The van der Waals surface area contributed by atoms with Gasteiger partial charge in [0.05, 0.1) is 17.8 Å². The predicted octanol–water partition coefficient (Wildman–Crippen LogP) is 0.801. The molecule has 2 amide bonds. The predicted molar refractivity (Wildman–Crippen MR) is 71.2 cm³/mol. The van der Waals surface area contributed by atoms with E-state index in [0.717, 1.165) is 0 Å². The number of carboxylic acids is 1. The number of thiophene rings is 1. The van der Waals surface area contributed by atoms with Crippen molar-refractivity contribution in [1.29, 1.82) is 0 Å². The van der Waals surface area contributed by atoms with Gasteiger partial charge in [0.2, 0.25) is 5.91 Å². The van der Waals surface area contributed by atoms with E-state index >= 15 is 0 Å². The smallest absolute Gasteiger partial charge is 0.305 e. The van der Waals surface area contributed by atoms with E-state index in [1.165, 1.54) is 16.2 Å². The molecule has 0 spiro atoms. The Kier molecular flexibility index (Phi) is 6.01. The second kappa shape index (κ2) is 7.52. The van der Waals surface area contributed by atoms with Crippen molar-refractivity contribution < 1.29 is 19.5 Å². The fourth-order valence-corrected chi connectivity index (χ4v) is 2.09. The molecule has 0 saturated carbocycles. The van der Waals surface area contributed by atoms with E-state index in [1.807, 2.05) is 0 Å². The number of hydrogen-bond acceptors (Lipinski definition) is 4. The zero-order chi connectivity index (χ0) is 14.3. The minimum atomic E-state index is -0.950. The molecular formula is C12H16N2O4S. The standard InChI is InChI=1S/C12H16N2O4S/c1-2-14(6-5-11(16)17)10(15)8-13-12(18)9-4-3-7-19-9/h3-4,7H,2,5-6,8H2,1H3,(H,13,18)(H,16,17). The third-order valence-electron chi connectivity index (χ3n) is 2.48. The van der Waals surface area contributed by atoms with Crippen LogP contribution in [0.15, 0.2) is 17.5 Å². The molecular weight excluding hydrogens is 268 g/mol. The summed E-state index contributed by atoms with van der Waals surface area (Å²) in [6.07, 6.45) is -0.0988. The molecule has 19 heavy (non-hydrogen) atoms. The summed E-state index contributed by atoms with van der Waals surface area (Å²) in [6.45, 7) is 2.21. The Hall–Kier alpha value is -1.89. The van der Waals surface area contributed by atoms with Crippen LogP contribution in [0.1, 0.15) is 23.0 Å². The SMILES string of the molecule is CCN(CCC(=O)O)C(=O)CNC(=O)c1cccs1. The van der Waals surface area contributed by atoms with E-state index in [2.05, 4.69) is 5.32 Å². The summed E-state index contributed by atoms with van der Waals surface area (Å²) in [7, 11) is 0. The Morgan fingerprint density at radius 3 is 2.68 bits per heavy atom. The Morgan fingerprint density at radius 2 is 2.16 bits per heavy atom. The molecule has 0 saturated heterocycles. The second-order valence-electron chi connectivity index (χ2n) is 3.78. The van der Waals surface area contributed by atoms with Gasteiger partial charge in [0.1, 0.15) is 0 Å². The summed E-state index contributed by atoms with van der Waals surface area (Å²) >= 11 is 1.30. The van der Waals surface area contributed by atoms with Crippen molar-refractivity contribution in [2.45, 2.75) is 13.3 Å². The van der Waals surface area contributed by atoms with Crippen LogP contribution in [0.2, 0.25) is 0 Å². The van der Waals surface area contributed by atoms with Crippen LogP contribution >= 0.6 is 11.3 Å². The van der Waals surface area contributed by atoms with Crippen molar-refractivity contribution in [3.63, 3.8) is 0 Å². The highest BCUT2D eigenvalue weighted by Crippen LogP contribution is 2.07. The number of aliphatic carboxylic acids is 1. The van der Waals surface area contributed by atoms with Gasteiger partial charge in [0.25, 0.3) is 5.91 Å². The summed E-state index contributed by atoms with van der Waals surface area (Å²) in [4.78, 5) is 35.8. The molecule has 7 heteroatoms. The second-order valence-corrected chi connectivity index (χ2v) is 4.72. The molecule has 1 aromatic heterocycles. The minimum absolute atomic E-state index is 0.0988. The third-order valence-corrected chi connectivity index (χ3v) is 3.34. The first kappa shape index (κ1) is 15.2. The van der Waals surface area contributed by atoms with Gasteiger partial charge in [0, 0.05) is 13.1 Å². The lowest BCUT2D eigenvalue weighted by molar-refractivity contribution is -0.138. The van der Waals surface area contributed by atoms with Crippen molar-refractivity contribution in [3.05, 3.63) is 22.4 Å². The molecule has 0 atom stereocenters. The van der Waals surface area contributed by atoms with E-state index < -0.39 is 5.97 Å². The summed E-state index contributed by atoms with van der Waals surface area (Å²) in [5, 5.41) is 12.9. The zero-order valence-electron chi connectivity index (χ0n) is 10.6. The van der Waals surface area contributed by atoms with Gasteiger partial charge in [-0.25, -0.2) is 0 Å². The van der Waals surface area contributed by atoms with Crippen LogP contribution < -0.4 is 5.32 Å². The van der Waals surface area contributed by atoms with E-state index in [-0.39, 0.29) is 31.3 Å². The molecule has 0 aliphatic rings. The minimum Gasteiger partial charge on any atom is -0.481 e. The lowest BCUT2D eigenvalue weighted by Gasteiger charge is -2.20. The molecule has 0 bridgehead atoms. The average molecular weight is 284 g/mol. The monoisotopic (exact) mass is 284 g/mol. The number of carbonyl (C=O) groups is 3. The number of nitrogens with zero attached hydrogens (tertiary/aromatic N) is 1. The van der Waals surface area contributed by atoms with Gasteiger partial charge in [-0.3, -0.25) is 14.4 Å². The topological polar surface area (TPSA) is 86.7 Å². The van der Waals surface area contributed by atoms with Crippen LogP contribution in [0.5, 0.6) is 0 Å². The van der Waals surface area contributed by atoms with Crippen LogP contribution in [0.3, 0.4) is 0 Å². The quantitative estimate of drug-likeness (QED) is 0.775. The van der Waals surface area contributed by atoms with Crippen molar-refractivity contribution in [1.82, 2.24) is 10.2 Å². The average Bonchev–Trinajstić information content (AvgIpc) is 2.90. The van der Waals surface area contributed by atoms with Gasteiger partial charge >= 0.3 is 5.97 Å². The summed E-state index contributed by atoms with van der Waals surface area (Å²) < 4.78 is 0. The number of hydrogen-bond donors (Lipinski definition) is 2. The van der Waals surface area contributed by atoms with E-state index in [0.29, 0.717) is 11.4 Å². The molecule has 104 valence electrons. The number of amides is 2. The van der Waals surface area contributed by atoms with Gasteiger partial charge in [-0.1, -0.05) is 6.07 Å².